The van der Waals surface area contributed by atoms with Crippen LogP contribution in [-0.2, 0) is 37.4 Å². The Morgan fingerprint density at radius 3 is 2.11 bits per heavy atom. The summed E-state index contributed by atoms with van der Waals surface area (Å²) in [7, 11) is -3.75. The summed E-state index contributed by atoms with van der Waals surface area (Å²) in [5.74, 6) is -0.102. The van der Waals surface area contributed by atoms with Crippen LogP contribution >= 0.6 is 0 Å². The molecule has 0 amide bonds. The van der Waals surface area contributed by atoms with E-state index >= 15 is 0 Å². The molecule has 2 heterocycles. The number of esters is 2. The molecule has 2 aliphatic rings. The van der Waals surface area contributed by atoms with E-state index in [1.807, 2.05) is 26.0 Å². The Balaban J connectivity index is 2.35. The van der Waals surface area contributed by atoms with Crippen molar-refractivity contribution in [1.29, 1.82) is 0 Å². The van der Waals surface area contributed by atoms with Gasteiger partial charge in [-0.3, -0.25) is 9.59 Å². The zero-order valence-corrected chi connectivity index (χ0v) is 41.1. The van der Waals surface area contributed by atoms with Gasteiger partial charge < -0.3 is 27.8 Å². The van der Waals surface area contributed by atoms with E-state index in [0.29, 0.717) is 24.7 Å². The first-order valence-electron chi connectivity index (χ1n) is 23.0. The van der Waals surface area contributed by atoms with Gasteiger partial charge in [-0.05, 0) is 107 Å². The van der Waals surface area contributed by atoms with Crippen LogP contribution in [0.5, 0.6) is 0 Å². The van der Waals surface area contributed by atoms with Crippen molar-refractivity contribution in [3.63, 3.8) is 0 Å². The summed E-state index contributed by atoms with van der Waals surface area (Å²) in [5, 5.41) is 0. The van der Waals surface area contributed by atoms with Gasteiger partial charge >= 0.3 is 11.9 Å². The van der Waals surface area contributed by atoms with Gasteiger partial charge in [0.05, 0.1) is 30.8 Å². The smallest absolute Gasteiger partial charge is 0.308 e. The van der Waals surface area contributed by atoms with Crippen molar-refractivity contribution >= 4 is 28.6 Å². The van der Waals surface area contributed by atoms with Crippen LogP contribution in [0.2, 0.25) is 36.3 Å². The van der Waals surface area contributed by atoms with Crippen molar-refractivity contribution in [2.24, 2.45) is 17.8 Å². The Morgan fingerprint density at radius 1 is 0.947 bits per heavy atom. The number of epoxide rings is 1. The molecule has 11 atom stereocenters. The quantitative estimate of drug-likeness (QED) is 0.0330. The Labute approximate surface area is 351 Å². The lowest BCUT2D eigenvalue weighted by atomic mass is 9.88. The van der Waals surface area contributed by atoms with Gasteiger partial charge in [-0.2, -0.15) is 0 Å². The largest absolute Gasteiger partial charge is 0.457 e. The van der Waals surface area contributed by atoms with E-state index in [2.05, 4.69) is 101 Å². The average molecular weight is 835 g/mol. The molecule has 0 radical (unpaired) electrons. The van der Waals surface area contributed by atoms with Crippen LogP contribution in [0.25, 0.3) is 0 Å². The van der Waals surface area contributed by atoms with E-state index in [9.17, 15) is 9.59 Å². The average Bonchev–Trinajstić information content (AvgIpc) is 3.95. The van der Waals surface area contributed by atoms with Crippen LogP contribution < -0.4 is 0 Å². The molecule has 8 nitrogen and oxygen atoms in total. The lowest BCUT2D eigenvalue weighted by molar-refractivity contribution is -0.173. The van der Waals surface area contributed by atoms with E-state index in [-0.39, 0.29) is 54.8 Å². The fourth-order valence-corrected chi connectivity index (χ4v) is 14.9. The van der Waals surface area contributed by atoms with Gasteiger partial charge in [0, 0.05) is 24.9 Å². The second kappa shape index (κ2) is 24.6. The third-order valence-corrected chi connectivity index (χ3v) is 22.8. The van der Waals surface area contributed by atoms with Crippen LogP contribution in [0.15, 0.2) is 36.0 Å². The lowest BCUT2D eigenvalue weighted by Crippen LogP contribution is -2.47. The van der Waals surface area contributed by atoms with E-state index in [1.54, 1.807) is 0 Å². The topological polar surface area (TPSA) is 92.8 Å². The van der Waals surface area contributed by atoms with Crippen LogP contribution in [-0.4, -0.2) is 76.9 Å². The monoisotopic (exact) mass is 835 g/mol. The molecule has 2 aliphatic heterocycles. The first-order valence-corrected chi connectivity index (χ1v) is 28.1. The molecule has 0 aromatic rings. The summed E-state index contributed by atoms with van der Waals surface area (Å²) in [6.45, 7) is 32.1. The number of hydrogen-bond acceptors (Lipinski definition) is 8. The third-order valence-electron chi connectivity index (χ3n) is 13.4. The number of cyclic esters (lactones) is 1. The summed E-state index contributed by atoms with van der Waals surface area (Å²) in [5.41, 5.74) is 0.138. The van der Waals surface area contributed by atoms with Crippen molar-refractivity contribution in [3.05, 3.63) is 36.0 Å². The molecule has 330 valence electrons. The summed E-state index contributed by atoms with van der Waals surface area (Å²) >= 11 is 0. The van der Waals surface area contributed by atoms with Gasteiger partial charge in [0.1, 0.15) is 17.8 Å². The lowest BCUT2D eigenvalue weighted by Gasteiger charge is -2.40. The van der Waals surface area contributed by atoms with Crippen LogP contribution in [0.4, 0.5) is 0 Å². The van der Waals surface area contributed by atoms with Gasteiger partial charge in [0.15, 0.2) is 16.6 Å². The number of carbonyl (C=O) groups excluding carboxylic acids is 2. The first-order chi connectivity index (χ1) is 26.9. The molecule has 57 heavy (non-hydrogen) atoms. The molecule has 1 fully saturated rings. The molecule has 10 heteroatoms. The zero-order valence-electron chi connectivity index (χ0n) is 39.1. The fraction of sp³-hybridized carbons (Fsp3) is 0.830. The first kappa shape index (κ1) is 51.6. The molecular formula is C47H86O8Si2. The molecule has 0 saturated carbocycles. The van der Waals surface area contributed by atoms with Crippen molar-refractivity contribution in [3.8, 4) is 0 Å². The van der Waals surface area contributed by atoms with Gasteiger partial charge in [0.25, 0.3) is 0 Å². The standard InChI is InChI=1S/C47H86O8Si2/c1-16-25-37(12)53-47(15)31-30-40(54-56(18-3,19-4)20-5)33-44(49)52-45(36(11)28-29-43(47)50-39(14)48)35(10)27-24-26-34(9)32-42-46(51-42)38(13)41(17-2)55-57(21-6,22-7)23-8/h24,26-29,34,36-38,40-43,45-46H,16-23,25,30-33H2,1-15H3/t34-,36+,37?,38-,40-,41+,42-,43+,45-,46-,47-/m1/s1. The molecule has 0 aromatic carbocycles. The van der Waals surface area contributed by atoms with Crippen molar-refractivity contribution in [2.45, 2.75) is 233 Å². The van der Waals surface area contributed by atoms with E-state index < -0.39 is 34.4 Å². The van der Waals surface area contributed by atoms with Gasteiger partial charge in [-0.15, -0.1) is 0 Å². The number of rotatable bonds is 23. The Kier molecular flexibility index (Phi) is 22.3. The summed E-state index contributed by atoms with van der Waals surface area (Å²) in [4.78, 5) is 26.4. The number of allylic oxidation sites excluding steroid dienone is 3. The highest BCUT2D eigenvalue weighted by molar-refractivity contribution is 6.74. The molecule has 0 N–H and O–H groups in total. The van der Waals surface area contributed by atoms with E-state index in [1.165, 1.54) is 6.92 Å². The summed E-state index contributed by atoms with van der Waals surface area (Å²) in [6.07, 6.45) is 14.8. The van der Waals surface area contributed by atoms with Crippen molar-refractivity contribution < 1.29 is 37.4 Å². The second-order valence-electron chi connectivity index (χ2n) is 17.8. The molecule has 1 unspecified atom stereocenters. The van der Waals surface area contributed by atoms with E-state index in [4.69, 9.17) is 27.8 Å². The molecule has 0 aliphatic carbocycles. The molecule has 0 aromatic heterocycles. The van der Waals surface area contributed by atoms with E-state index in [0.717, 1.165) is 67.5 Å². The van der Waals surface area contributed by atoms with Gasteiger partial charge in [-0.1, -0.05) is 107 Å². The molecule has 1 saturated heterocycles. The highest BCUT2D eigenvalue weighted by Crippen LogP contribution is 2.39. The highest BCUT2D eigenvalue weighted by atomic mass is 28.4. The highest BCUT2D eigenvalue weighted by Gasteiger charge is 2.47. The minimum absolute atomic E-state index is 0.0270. The second-order valence-corrected chi connectivity index (χ2v) is 27.2. The Morgan fingerprint density at radius 2 is 1.56 bits per heavy atom. The SMILES string of the molecule is CCCC(C)O[C@]1(C)CC[C@@H](O[Si](CC)(CC)CC)CC(=O)O[C@H](C(C)=CC=C[C@@H](C)C[C@H]2O[C@@H]2[C@H](C)[C@H](CC)O[Si](CC)(CC)CC)[C@@H](C)C=C[C@@H]1OC(C)=O. The third kappa shape index (κ3) is 15.8. The maximum absolute atomic E-state index is 13.9. The maximum Gasteiger partial charge on any atom is 0.308 e. The van der Waals surface area contributed by atoms with Crippen LogP contribution in [0.1, 0.15) is 149 Å². The Hall–Kier alpha value is -1.57. The molecule has 0 bridgehead atoms. The summed E-state index contributed by atoms with van der Waals surface area (Å²) in [6, 6.07) is 6.44. The number of carbonyl (C=O) groups is 2. The van der Waals surface area contributed by atoms with Crippen LogP contribution in [0.3, 0.4) is 0 Å². The minimum atomic E-state index is -2.06. The van der Waals surface area contributed by atoms with Crippen LogP contribution in [0, 0.1) is 17.8 Å². The number of ether oxygens (including phenoxy) is 4. The molecule has 0 spiro atoms. The Bertz CT molecular complexity index is 1280. The van der Waals surface area contributed by atoms with Crippen molar-refractivity contribution in [2.75, 3.05) is 0 Å². The van der Waals surface area contributed by atoms with Gasteiger partial charge in [-0.25, -0.2) is 0 Å². The summed E-state index contributed by atoms with van der Waals surface area (Å²) < 4.78 is 39.4. The van der Waals surface area contributed by atoms with Gasteiger partial charge in [0.2, 0.25) is 0 Å². The molecular weight excluding hydrogens is 749 g/mol. The normalized spacial score (nSPS) is 28.9. The maximum atomic E-state index is 13.9. The van der Waals surface area contributed by atoms with Crippen molar-refractivity contribution in [1.82, 2.24) is 0 Å². The predicted octanol–water partition coefficient (Wildman–Crippen LogP) is 12.3. The predicted molar refractivity (Wildman–Crippen MR) is 240 cm³/mol. The number of hydrogen-bond donors (Lipinski definition) is 0. The zero-order chi connectivity index (χ0) is 43.0. The minimum Gasteiger partial charge on any atom is -0.457 e. The fourth-order valence-electron chi connectivity index (χ4n) is 8.95. The molecule has 2 rings (SSSR count).